The quantitative estimate of drug-likeness (QED) is 0.895. The lowest BCUT2D eigenvalue weighted by atomic mass is 10.1. The monoisotopic (exact) mass is 295 g/mol. The van der Waals surface area contributed by atoms with Gasteiger partial charge in [-0.05, 0) is 31.2 Å². The lowest BCUT2D eigenvalue weighted by molar-refractivity contribution is 0.301. The summed E-state index contributed by atoms with van der Waals surface area (Å²) >= 11 is 12.0. The van der Waals surface area contributed by atoms with E-state index in [0.717, 1.165) is 16.9 Å². The zero-order valence-electron chi connectivity index (χ0n) is 10.6. The van der Waals surface area contributed by atoms with Crippen LogP contribution in [0.2, 0.25) is 10.0 Å². The number of benzene rings is 2. The number of hydrogen-bond donors (Lipinski definition) is 1. The zero-order chi connectivity index (χ0) is 13.8. The second kappa shape index (κ2) is 6.29. The fraction of sp³-hybridized carbons (Fsp3) is 0.200. The average Bonchev–Trinajstić information content (AvgIpc) is 2.40. The summed E-state index contributed by atoms with van der Waals surface area (Å²) in [5.74, 6) is 0.772. The number of ether oxygens (including phenoxy) is 1. The third kappa shape index (κ3) is 3.63. The molecule has 1 atom stereocenters. The first-order valence-electron chi connectivity index (χ1n) is 5.99. The van der Waals surface area contributed by atoms with Crippen LogP contribution in [0.15, 0.2) is 42.5 Å². The summed E-state index contributed by atoms with van der Waals surface area (Å²) in [6, 6.07) is 13.0. The standard InChI is InChI=1S/C15H15Cl2NO/c1-10(18)13-4-2-3-5-15(13)19-9-11-8-12(16)6-7-14(11)17/h2-8,10H,9,18H2,1H3/t10-/m1/s1. The topological polar surface area (TPSA) is 35.2 Å². The lowest BCUT2D eigenvalue weighted by Gasteiger charge is -2.14. The molecule has 0 saturated heterocycles. The van der Waals surface area contributed by atoms with Crippen LogP contribution in [0.4, 0.5) is 0 Å². The molecule has 0 fully saturated rings. The Kier molecular flexibility index (Phi) is 4.70. The van der Waals surface area contributed by atoms with E-state index in [1.54, 1.807) is 18.2 Å². The molecule has 2 aromatic carbocycles. The highest BCUT2D eigenvalue weighted by Crippen LogP contribution is 2.26. The van der Waals surface area contributed by atoms with Crippen molar-refractivity contribution >= 4 is 23.2 Å². The Morgan fingerprint density at radius 2 is 1.89 bits per heavy atom. The van der Waals surface area contributed by atoms with Gasteiger partial charge in [0.05, 0.1) is 0 Å². The molecule has 0 aliphatic heterocycles. The fourth-order valence-electron chi connectivity index (χ4n) is 1.80. The van der Waals surface area contributed by atoms with Crippen LogP contribution in [0.1, 0.15) is 24.1 Å². The Hall–Kier alpha value is -1.22. The van der Waals surface area contributed by atoms with Crippen molar-refractivity contribution in [1.82, 2.24) is 0 Å². The van der Waals surface area contributed by atoms with Crippen molar-refractivity contribution in [2.75, 3.05) is 0 Å². The first-order chi connectivity index (χ1) is 9.08. The summed E-state index contributed by atoms with van der Waals surface area (Å²) in [6.45, 7) is 2.29. The predicted molar refractivity (Wildman–Crippen MR) is 79.8 cm³/mol. The van der Waals surface area contributed by atoms with Crippen LogP contribution in [-0.2, 0) is 6.61 Å². The Bertz CT molecular complexity index is 570. The molecule has 2 rings (SSSR count). The molecule has 0 spiro atoms. The van der Waals surface area contributed by atoms with Gasteiger partial charge in [-0.3, -0.25) is 0 Å². The molecule has 0 aliphatic rings. The first kappa shape index (κ1) is 14.2. The summed E-state index contributed by atoms with van der Waals surface area (Å²) in [5, 5.41) is 1.28. The molecule has 19 heavy (non-hydrogen) atoms. The van der Waals surface area contributed by atoms with Crippen molar-refractivity contribution in [2.24, 2.45) is 5.73 Å². The Morgan fingerprint density at radius 1 is 1.16 bits per heavy atom. The van der Waals surface area contributed by atoms with E-state index in [9.17, 15) is 0 Å². The van der Waals surface area contributed by atoms with Gasteiger partial charge in [0, 0.05) is 27.2 Å². The van der Waals surface area contributed by atoms with Crippen LogP contribution in [0.25, 0.3) is 0 Å². The second-order valence-electron chi connectivity index (χ2n) is 4.35. The minimum absolute atomic E-state index is 0.0777. The highest BCUT2D eigenvalue weighted by atomic mass is 35.5. The number of para-hydroxylation sites is 1. The minimum Gasteiger partial charge on any atom is -0.489 e. The Morgan fingerprint density at radius 3 is 2.63 bits per heavy atom. The van der Waals surface area contributed by atoms with Crippen molar-refractivity contribution in [3.8, 4) is 5.75 Å². The van der Waals surface area contributed by atoms with Gasteiger partial charge in [0.15, 0.2) is 0 Å². The molecule has 0 aromatic heterocycles. The summed E-state index contributed by atoms with van der Waals surface area (Å²) < 4.78 is 5.80. The van der Waals surface area contributed by atoms with Crippen molar-refractivity contribution in [1.29, 1.82) is 0 Å². The van der Waals surface area contributed by atoms with Gasteiger partial charge in [0.25, 0.3) is 0 Å². The van der Waals surface area contributed by atoms with Crippen molar-refractivity contribution in [3.05, 3.63) is 63.6 Å². The molecule has 100 valence electrons. The van der Waals surface area contributed by atoms with E-state index < -0.39 is 0 Å². The first-order valence-corrected chi connectivity index (χ1v) is 6.74. The summed E-state index contributed by atoms with van der Waals surface area (Å²) in [4.78, 5) is 0. The molecule has 0 amide bonds. The molecule has 4 heteroatoms. The van der Waals surface area contributed by atoms with Gasteiger partial charge in [-0.2, -0.15) is 0 Å². The number of halogens is 2. The fourth-order valence-corrected chi connectivity index (χ4v) is 2.16. The summed E-state index contributed by atoms with van der Waals surface area (Å²) in [7, 11) is 0. The van der Waals surface area contributed by atoms with E-state index in [1.165, 1.54) is 0 Å². The highest BCUT2D eigenvalue weighted by molar-refractivity contribution is 6.33. The van der Waals surface area contributed by atoms with Crippen LogP contribution in [0.5, 0.6) is 5.75 Å². The molecular formula is C15H15Cl2NO. The molecular weight excluding hydrogens is 281 g/mol. The van der Waals surface area contributed by atoms with Gasteiger partial charge in [0.2, 0.25) is 0 Å². The van der Waals surface area contributed by atoms with Crippen LogP contribution in [0, 0.1) is 0 Å². The molecule has 0 bridgehead atoms. The third-order valence-electron chi connectivity index (χ3n) is 2.80. The van der Waals surface area contributed by atoms with Gasteiger partial charge in [-0.1, -0.05) is 41.4 Å². The molecule has 0 heterocycles. The second-order valence-corrected chi connectivity index (χ2v) is 5.19. The van der Waals surface area contributed by atoms with Gasteiger partial charge in [-0.25, -0.2) is 0 Å². The maximum absolute atomic E-state index is 6.10. The average molecular weight is 296 g/mol. The van der Waals surface area contributed by atoms with Crippen LogP contribution >= 0.6 is 23.2 Å². The van der Waals surface area contributed by atoms with E-state index in [4.69, 9.17) is 33.7 Å². The summed E-state index contributed by atoms with van der Waals surface area (Å²) in [5.41, 5.74) is 7.74. The highest BCUT2D eigenvalue weighted by Gasteiger charge is 2.08. The van der Waals surface area contributed by atoms with Gasteiger partial charge < -0.3 is 10.5 Å². The zero-order valence-corrected chi connectivity index (χ0v) is 12.1. The number of rotatable bonds is 4. The maximum Gasteiger partial charge on any atom is 0.124 e. The van der Waals surface area contributed by atoms with Crippen LogP contribution < -0.4 is 10.5 Å². The smallest absolute Gasteiger partial charge is 0.124 e. The van der Waals surface area contributed by atoms with Crippen molar-refractivity contribution in [2.45, 2.75) is 19.6 Å². The van der Waals surface area contributed by atoms with E-state index in [1.807, 2.05) is 31.2 Å². The molecule has 0 aliphatic carbocycles. The molecule has 2 nitrogen and oxygen atoms in total. The lowest BCUT2D eigenvalue weighted by Crippen LogP contribution is -2.08. The minimum atomic E-state index is -0.0777. The van der Waals surface area contributed by atoms with E-state index in [2.05, 4.69) is 0 Å². The van der Waals surface area contributed by atoms with Crippen LogP contribution in [-0.4, -0.2) is 0 Å². The number of nitrogens with two attached hydrogens (primary N) is 1. The van der Waals surface area contributed by atoms with E-state index in [-0.39, 0.29) is 6.04 Å². The molecule has 2 aromatic rings. The summed E-state index contributed by atoms with van der Waals surface area (Å²) in [6.07, 6.45) is 0. The molecule has 2 N–H and O–H groups in total. The Labute approximate surface area is 123 Å². The van der Waals surface area contributed by atoms with Crippen LogP contribution in [0.3, 0.4) is 0 Å². The largest absolute Gasteiger partial charge is 0.489 e. The Balaban J connectivity index is 2.17. The maximum atomic E-state index is 6.10. The predicted octanol–water partition coefficient (Wildman–Crippen LogP) is 4.59. The van der Waals surface area contributed by atoms with Gasteiger partial charge >= 0.3 is 0 Å². The molecule has 0 radical (unpaired) electrons. The van der Waals surface area contributed by atoms with Gasteiger partial charge in [-0.15, -0.1) is 0 Å². The molecule has 0 unspecified atom stereocenters. The van der Waals surface area contributed by atoms with Crippen molar-refractivity contribution in [3.63, 3.8) is 0 Å². The SMILES string of the molecule is C[C@@H](N)c1ccccc1OCc1cc(Cl)ccc1Cl. The van der Waals surface area contributed by atoms with Crippen molar-refractivity contribution < 1.29 is 4.74 Å². The number of hydrogen-bond acceptors (Lipinski definition) is 2. The molecule has 0 saturated carbocycles. The third-order valence-corrected chi connectivity index (χ3v) is 3.40. The van der Waals surface area contributed by atoms with Gasteiger partial charge in [0.1, 0.15) is 12.4 Å². The van der Waals surface area contributed by atoms with E-state index in [0.29, 0.717) is 16.7 Å². The normalized spacial score (nSPS) is 12.2. The van der Waals surface area contributed by atoms with E-state index >= 15 is 0 Å².